The normalized spacial score (nSPS) is 16.5. The fourth-order valence-corrected chi connectivity index (χ4v) is 3.93. The van der Waals surface area contributed by atoms with E-state index in [-0.39, 0.29) is 26.1 Å². The second-order valence-corrected chi connectivity index (χ2v) is 10.8. The van der Waals surface area contributed by atoms with E-state index in [0.717, 1.165) is 4.90 Å². The van der Waals surface area contributed by atoms with E-state index in [0.29, 0.717) is 11.3 Å². The van der Waals surface area contributed by atoms with Crippen molar-refractivity contribution in [3.63, 3.8) is 0 Å². The fourth-order valence-electron chi connectivity index (χ4n) is 3.93. The van der Waals surface area contributed by atoms with E-state index in [9.17, 15) is 33.6 Å². The molecule has 41 heavy (non-hydrogen) atoms. The molecule has 0 radical (unpaired) electrons. The Balaban J connectivity index is 3.35. The molecule has 1 aliphatic heterocycles. The first kappa shape index (κ1) is 35.1. The van der Waals surface area contributed by atoms with Gasteiger partial charge >= 0.3 is 18.1 Å². The number of Topliss-reactive ketones (excluding diaryl/α,β-unsaturated/α-hetero) is 1. The predicted molar refractivity (Wildman–Crippen MR) is 147 cm³/mol. The van der Waals surface area contributed by atoms with Crippen LogP contribution >= 0.6 is 0 Å². The summed E-state index contributed by atoms with van der Waals surface area (Å²) in [6, 6.07) is -4.94. The standard InChI is InChI=1S/C27H43N5O9/c1-9-12-17(21(34)23(36)28-13-10-2)29-22(35)18-14-31(15-19(33)40-11-3)26(39)32(18)24(37)20(16(4)5)30-25(38)41-27(6,7)8/h10,16-18,20H,2,9,11-15H2,1,3-8H3,(H,28,36)(H,29,35)(H,30,38)/t17?,18-,20?/m0/s1. The number of imide groups is 1. The SMILES string of the molecule is C=CCNC(=O)C(=O)C(CCC)NC(=O)[C@@H]1CN(CC(=O)OCC)C(=O)N1C(=O)C(NC(=O)OC(C)(C)C)C(C)C. The van der Waals surface area contributed by atoms with Crippen LogP contribution in [0.15, 0.2) is 12.7 Å². The molecule has 0 spiro atoms. The Hall–Kier alpha value is -3.97. The number of rotatable bonds is 14. The maximum Gasteiger partial charge on any atom is 0.408 e. The van der Waals surface area contributed by atoms with Gasteiger partial charge in [-0.25, -0.2) is 14.5 Å². The largest absolute Gasteiger partial charge is 0.465 e. The highest BCUT2D eigenvalue weighted by Gasteiger charge is 2.49. The monoisotopic (exact) mass is 581 g/mol. The van der Waals surface area contributed by atoms with Crippen LogP contribution < -0.4 is 16.0 Å². The molecule has 3 atom stereocenters. The average Bonchev–Trinajstić information content (AvgIpc) is 3.19. The number of esters is 1. The van der Waals surface area contributed by atoms with E-state index >= 15 is 0 Å². The highest BCUT2D eigenvalue weighted by molar-refractivity contribution is 6.38. The van der Waals surface area contributed by atoms with E-state index in [4.69, 9.17) is 9.47 Å². The van der Waals surface area contributed by atoms with E-state index in [1.165, 1.54) is 6.08 Å². The highest BCUT2D eigenvalue weighted by Crippen LogP contribution is 2.21. The molecule has 0 aromatic carbocycles. The third-order valence-corrected chi connectivity index (χ3v) is 5.79. The zero-order chi connectivity index (χ0) is 31.5. The van der Waals surface area contributed by atoms with E-state index < -0.39 is 77.8 Å². The van der Waals surface area contributed by atoms with Gasteiger partial charge in [0.2, 0.25) is 11.7 Å². The number of nitrogens with one attached hydrogen (secondary N) is 3. The van der Waals surface area contributed by atoms with E-state index in [1.54, 1.807) is 48.5 Å². The number of carbonyl (C=O) groups is 7. The molecule has 0 aromatic rings. The van der Waals surface area contributed by atoms with Gasteiger partial charge in [-0.05, 0) is 40.0 Å². The Morgan fingerprint density at radius 3 is 2.24 bits per heavy atom. The second-order valence-electron chi connectivity index (χ2n) is 10.8. The van der Waals surface area contributed by atoms with Crippen molar-refractivity contribution in [3.8, 4) is 0 Å². The summed E-state index contributed by atoms with van der Waals surface area (Å²) in [7, 11) is 0. The number of carbonyl (C=O) groups excluding carboxylic acids is 7. The summed E-state index contributed by atoms with van der Waals surface area (Å²) >= 11 is 0. The minimum absolute atomic E-state index is 0.0425. The van der Waals surface area contributed by atoms with Crippen molar-refractivity contribution in [2.45, 2.75) is 85.0 Å². The average molecular weight is 582 g/mol. The zero-order valence-electron chi connectivity index (χ0n) is 24.9. The van der Waals surface area contributed by atoms with E-state index in [1.807, 2.05) is 0 Å². The molecule has 1 heterocycles. The maximum absolute atomic E-state index is 13.7. The van der Waals surface area contributed by atoms with Crippen molar-refractivity contribution in [1.29, 1.82) is 0 Å². The molecule has 0 bridgehead atoms. The number of hydrogen-bond donors (Lipinski definition) is 3. The first-order chi connectivity index (χ1) is 19.1. The summed E-state index contributed by atoms with van der Waals surface area (Å²) in [4.78, 5) is 91.8. The lowest BCUT2D eigenvalue weighted by Crippen LogP contribution is -2.59. The second kappa shape index (κ2) is 15.7. The van der Waals surface area contributed by atoms with Crippen LogP contribution in [0, 0.1) is 5.92 Å². The van der Waals surface area contributed by atoms with Crippen LogP contribution in [-0.2, 0) is 33.4 Å². The number of ether oxygens (including phenoxy) is 2. The van der Waals surface area contributed by atoms with Crippen LogP contribution in [0.1, 0.15) is 61.3 Å². The molecule has 0 aliphatic carbocycles. The Kier molecular flexibility index (Phi) is 13.4. The molecule has 230 valence electrons. The zero-order valence-corrected chi connectivity index (χ0v) is 24.9. The summed E-state index contributed by atoms with van der Waals surface area (Å²) in [5.74, 6) is -4.91. The molecule has 14 heteroatoms. The van der Waals surface area contributed by atoms with Crippen LogP contribution in [-0.4, -0.2) is 101 Å². The molecule has 1 aliphatic rings. The minimum Gasteiger partial charge on any atom is -0.465 e. The van der Waals surface area contributed by atoms with E-state index in [2.05, 4.69) is 22.5 Å². The fraction of sp³-hybridized carbons (Fsp3) is 0.667. The third-order valence-electron chi connectivity index (χ3n) is 5.79. The first-order valence-corrected chi connectivity index (χ1v) is 13.6. The summed E-state index contributed by atoms with van der Waals surface area (Å²) in [5.41, 5.74) is -0.865. The van der Waals surface area contributed by atoms with Gasteiger partial charge in [0.1, 0.15) is 24.2 Å². The number of alkyl carbamates (subject to hydrolysis) is 1. The third kappa shape index (κ3) is 10.5. The van der Waals surface area contributed by atoms with Gasteiger partial charge in [0.05, 0.1) is 19.2 Å². The molecular weight excluding hydrogens is 538 g/mol. The van der Waals surface area contributed by atoms with Gasteiger partial charge in [-0.2, -0.15) is 0 Å². The molecule has 1 rings (SSSR count). The summed E-state index contributed by atoms with van der Waals surface area (Å²) < 4.78 is 10.2. The van der Waals surface area contributed by atoms with Crippen LogP contribution in [0.5, 0.6) is 0 Å². The van der Waals surface area contributed by atoms with Gasteiger partial charge in [0, 0.05) is 6.54 Å². The van der Waals surface area contributed by atoms with Crippen molar-refractivity contribution in [2.75, 3.05) is 26.2 Å². The Bertz CT molecular complexity index is 1020. The van der Waals surface area contributed by atoms with Gasteiger partial charge in [0.25, 0.3) is 11.8 Å². The number of ketones is 1. The topological polar surface area (TPSA) is 181 Å². The maximum atomic E-state index is 13.7. The quantitative estimate of drug-likeness (QED) is 0.152. The van der Waals surface area contributed by atoms with Gasteiger partial charge in [-0.1, -0.05) is 33.3 Å². The predicted octanol–water partition coefficient (Wildman–Crippen LogP) is 0.888. The van der Waals surface area contributed by atoms with Crippen LogP contribution in [0.25, 0.3) is 0 Å². The van der Waals surface area contributed by atoms with Crippen molar-refractivity contribution in [3.05, 3.63) is 12.7 Å². The molecule has 3 N–H and O–H groups in total. The van der Waals surface area contributed by atoms with Crippen molar-refractivity contribution < 1.29 is 43.0 Å². The molecule has 1 saturated heterocycles. The summed E-state index contributed by atoms with van der Waals surface area (Å²) in [6.45, 7) is 14.2. The lowest BCUT2D eigenvalue weighted by Gasteiger charge is -2.30. The van der Waals surface area contributed by atoms with Crippen LogP contribution in [0.3, 0.4) is 0 Å². The lowest BCUT2D eigenvalue weighted by molar-refractivity contribution is -0.143. The molecule has 14 nitrogen and oxygen atoms in total. The molecule has 0 aromatic heterocycles. The Morgan fingerprint density at radius 2 is 1.73 bits per heavy atom. The Morgan fingerprint density at radius 1 is 1.10 bits per heavy atom. The van der Waals surface area contributed by atoms with Crippen LogP contribution in [0.4, 0.5) is 9.59 Å². The molecule has 1 fully saturated rings. The Labute approximate surface area is 240 Å². The van der Waals surface area contributed by atoms with Gasteiger partial charge < -0.3 is 30.3 Å². The van der Waals surface area contributed by atoms with Crippen molar-refractivity contribution in [2.24, 2.45) is 5.92 Å². The van der Waals surface area contributed by atoms with Gasteiger partial charge in [0.15, 0.2) is 0 Å². The van der Waals surface area contributed by atoms with Gasteiger partial charge in [-0.3, -0.25) is 24.0 Å². The smallest absolute Gasteiger partial charge is 0.408 e. The summed E-state index contributed by atoms with van der Waals surface area (Å²) in [6.07, 6.45) is 1.03. The van der Waals surface area contributed by atoms with Crippen LogP contribution in [0.2, 0.25) is 0 Å². The van der Waals surface area contributed by atoms with Crippen molar-refractivity contribution >= 4 is 41.6 Å². The molecule has 6 amide bonds. The highest BCUT2D eigenvalue weighted by atomic mass is 16.6. The number of hydrogen-bond acceptors (Lipinski definition) is 9. The molecule has 2 unspecified atom stereocenters. The van der Waals surface area contributed by atoms with Crippen molar-refractivity contribution in [1.82, 2.24) is 25.8 Å². The first-order valence-electron chi connectivity index (χ1n) is 13.6. The van der Waals surface area contributed by atoms with Gasteiger partial charge in [-0.15, -0.1) is 6.58 Å². The molecular formula is C27H43N5O9. The number of urea groups is 1. The number of amides is 6. The number of nitrogens with zero attached hydrogens (tertiary/aromatic N) is 2. The lowest BCUT2D eigenvalue weighted by atomic mass is 10.0. The summed E-state index contributed by atoms with van der Waals surface area (Å²) in [5, 5.41) is 7.31. The molecule has 0 saturated carbocycles. The minimum atomic E-state index is -1.48.